The van der Waals surface area contributed by atoms with Crippen molar-refractivity contribution in [2.75, 3.05) is 0 Å². The van der Waals surface area contributed by atoms with Gasteiger partial charge in [0.05, 0.1) is 34.7 Å². The number of hydrogen-bond acceptors (Lipinski definition) is 7. The quantitative estimate of drug-likeness (QED) is 0.178. The van der Waals surface area contributed by atoms with Gasteiger partial charge in [-0.25, -0.2) is 20.2 Å². The van der Waals surface area contributed by atoms with Crippen molar-refractivity contribution in [1.29, 1.82) is 10.5 Å². The predicted molar refractivity (Wildman–Crippen MR) is 142 cm³/mol. The van der Waals surface area contributed by atoms with E-state index in [1.54, 1.807) is 68.8 Å². The van der Waals surface area contributed by atoms with Crippen LogP contribution in [0.4, 0.5) is 0 Å². The third-order valence-corrected chi connectivity index (χ3v) is 10.8. The summed E-state index contributed by atoms with van der Waals surface area (Å²) in [6.07, 6.45) is 3.26. The van der Waals surface area contributed by atoms with Gasteiger partial charge in [-0.3, -0.25) is 0 Å². The third kappa shape index (κ3) is 4.01. The lowest BCUT2D eigenvalue weighted by atomic mass is 10.3. The average Bonchev–Trinajstić information content (AvgIpc) is 3.62. The Morgan fingerprint density at radius 2 is 1.12 bits per heavy atom. The average molecular weight is 513 g/mol. The molecule has 5 heterocycles. The van der Waals surface area contributed by atoms with Gasteiger partial charge in [-0.2, -0.15) is 0 Å². The fourth-order valence-corrected chi connectivity index (χ4v) is 9.23. The van der Waals surface area contributed by atoms with Gasteiger partial charge in [0.1, 0.15) is 0 Å². The zero-order valence-corrected chi connectivity index (χ0v) is 20.5. The molecule has 5 aromatic rings. The van der Waals surface area contributed by atoms with Crippen molar-refractivity contribution in [3.8, 4) is 31.6 Å². The van der Waals surface area contributed by atoms with E-state index in [1.165, 1.54) is 28.6 Å². The maximum Gasteiger partial charge on any atom is 0.263 e. The van der Waals surface area contributed by atoms with Crippen molar-refractivity contribution in [2.24, 2.45) is 0 Å². The highest BCUT2D eigenvalue weighted by molar-refractivity contribution is 7.41. The summed E-state index contributed by atoms with van der Waals surface area (Å²) in [5.74, 6) is 0. The molecule has 0 aromatic carbocycles. The summed E-state index contributed by atoms with van der Waals surface area (Å²) in [5, 5.41) is 18.0. The summed E-state index contributed by atoms with van der Waals surface area (Å²) in [5.41, 5.74) is 0.182. The van der Waals surface area contributed by atoms with E-state index >= 15 is 0 Å². The zero-order chi connectivity index (χ0) is 22.9. The van der Waals surface area contributed by atoms with Crippen molar-refractivity contribution in [3.05, 3.63) is 80.4 Å². The summed E-state index contributed by atoms with van der Waals surface area (Å²) >= 11 is 8.48. The molecule has 0 N–H and O–H groups in total. The fraction of sp³-hybridized carbons (Fsp3) is 0. The standard InChI is InChI=1S/C24H8N4S5/c1-27-13(11-25)7-15-3-5-17(29-15)19-9-21-23(32-19)24-22(31-21)10-20(33-24)18-6-4-16(30-18)8-14(12-26)28-2/h3-10H/b13-7-,14-8+. The van der Waals surface area contributed by atoms with E-state index in [1.807, 2.05) is 36.4 Å². The molecule has 4 nitrogen and oxygen atoms in total. The van der Waals surface area contributed by atoms with Crippen molar-refractivity contribution < 1.29 is 0 Å². The SMILES string of the molecule is [C-]#[N+]/C(C#N)=C\c1ccc(-c2cc3sc4cc(-c5ccc(/C=C(\C#N)[N+]#[C-])s5)sc4c3s2)s1. The van der Waals surface area contributed by atoms with Crippen LogP contribution in [0.5, 0.6) is 0 Å². The number of fused-ring (bicyclic) bond motifs is 3. The second-order valence-electron chi connectivity index (χ2n) is 6.62. The van der Waals surface area contributed by atoms with E-state index in [2.05, 4.69) is 21.8 Å². The molecule has 0 spiro atoms. The van der Waals surface area contributed by atoms with Crippen molar-refractivity contribution in [2.45, 2.75) is 0 Å². The molecule has 0 fully saturated rings. The third-order valence-electron chi connectivity index (χ3n) is 4.59. The molecule has 0 saturated carbocycles. The molecule has 0 atom stereocenters. The van der Waals surface area contributed by atoms with Gasteiger partial charge in [0.2, 0.25) is 0 Å². The molecule has 0 amide bonds. The Hall–Kier alpha value is -3.54. The number of hydrogen-bond donors (Lipinski definition) is 0. The first kappa shape index (κ1) is 21.3. The number of thiophene rings is 5. The van der Waals surface area contributed by atoms with E-state index < -0.39 is 0 Å². The van der Waals surface area contributed by atoms with E-state index in [0.29, 0.717) is 0 Å². The summed E-state index contributed by atoms with van der Waals surface area (Å²) in [6.45, 7) is 14.1. The maximum absolute atomic E-state index is 8.98. The van der Waals surface area contributed by atoms with Crippen molar-refractivity contribution >= 4 is 87.6 Å². The smallest absolute Gasteiger partial charge is 0.227 e. The lowest BCUT2D eigenvalue weighted by Gasteiger charge is -1.89. The van der Waals surface area contributed by atoms with Crippen LogP contribution in [0.25, 0.3) is 60.2 Å². The molecule has 5 rings (SSSR count). The maximum atomic E-state index is 8.98. The monoisotopic (exact) mass is 512 g/mol. The highest BCUT2D eigenvalue weighted by Gasteiger charge is 2.16. The molecule has 0 unspecified atom stereocenters. The van der Waals surface area contributed by atoms with Gasteiger partial charge in [0.25, 0.3) is 11.4 Å². The molecule has 0 aliphatic rings. The highest BCUT2D eigenvalue weighted by Crippen LogP contribution is 2.49. The summed E-state index contributed by atoms with van der Waals surface area (Å²) in [4.78, 5) is 12.9. The Balaban J connectivity index is 1.48. The van der Waals surface area contributed by atoms with E-state index in [-0.39, 0.29) is 11.4 Å². The number of allylic oxidation sites excluding steroid dienone is 2. The second-order valence-corrected chi connectivity index (χ2v) is 12.0. The normalized spacial score (nSPS) is 11.9. The van der Waals surface area contributed by atoms with Gasteiger partial charge in [-0.05, 0) is 48.6 Å². The van der Waals surface area contributed by atoms with Gasteiger partial charge < -0.3 is 0 Å². The Bertz CT molecular complexity index is 1610. The Labute approximate surface area is 209 Å². The summed E-state index contributed by atoms with van der Waals surface area (Å²) < 4.78 is 5.08. The van der Waals surface area contributed by atoms with Crippen LogP contribution in [0.2, 0.25) is 0 Å². The van der Waals surface area contributed by atoms with Crippen LogP contribution >= 0.6 is 56.7 Å². The van der Waals surface area contributed by atoms with Gasteiger partial charge in [0, 0.05) is 38.7 Å². The van der Waals surface area contributed by atoms with E-state index in [4.69, 9.17) is 23.7 Å². The molecule has 154 valence electrons. The van der Waals surface area contributed by atoms with Crippen molar-refractivity contribution in [1.82, 2.24) is 0 Å². The molecule has 0 radical (unpaired) electrons. The minimum atomic E-state index is 0.0912. The van der Waals surface area contributed by atoms with Crippen LogP contribution in [0, 0.1) is 35.8 Å². The first-order valence-electron chi connectivity index (χ1n) is 9.26. The minimum absolute atomic E-state index is 0.0912. The lowest BCUT2D eigenvalue weighted by Crippen LogP contribution is -1.65. The van der Waals surface area contributed by atoms with Crippen LogP contribution in [-0.4, -0.2) is 0 Å². The van der Waals surface area contributed by atoms with Crippen LogP contribution in [0.15, 0.2) is 47.8 Å². The van der Waals surface area contributed by atoms with E-state index in [9.17, 15) is 0 Å². The molecule has 0 aliphatic carbocycles. The second kappa shape index (κ2) is 8.77. The largest absolute Gasteiger partial charge is 0.263 e. The first-order chi connectivity index (χ1) is 16.1. The zero-order valence-electron chi connectivity index (χ0n) is 16.4. The predicted octanol–water partition coefficient (Wildman–Crippen LogP) is 9.20. The molecule has 0 aliphatic heterocycles. The van der Waals surface area contributed by atoms with Crippen LogP contribution in [0.1, 0.15) is 9.75 Å². The molecule has 5 aromatic heterocycles. The van der Waals surface area contributed by atoms with Gasteiger partial charge in [-0.15, -0.1) is 56.7 Å². The number of rotatable bonds is 4. The summed E-state index contributed by atoms with van der Waals surface area (Å²) in [6, 6.07) is 16.2. The highest BCUT2D eigenvalue weighted by atomic mass is 32.1. The Morgan fingerprint density at radius 1 is 0.667 bits per heavy atom. The van der Waals surface area contributed by atoms with Crippen molar-refractivity contribution in [3.63, 3.8) is 0 Å². The molecule has 9 heteroatoms. The van der Waals surface area contributed by atoms with E-state index in [0.717, 1.165) is 19.5 Å². The van der Waals surface area contributed by atoms with Gasteiger partial charge in [0.15, 0.2) is 0 Å². The molecular weight excluding hydrogens is 505 g/mol. The topological polar surface area (TPSA) is 56.3 Å². The summed E-state index contributed by atoms with van der Waals surface area (Å²) in [7, 11) is 0. The molecule has 33 heavy (non-hydrogen) atoms. The van der Waals surface area contributed by atoms with Crippen LogP contribution in [-0.2, 0) is 0 Å². The van der Waals surface area contributed by atoms with Crippen LogP contribution < -0.4 is 0 Å². The number of nitrogens with zero attached hydrogens (tertiary/aromatic N) is 4. The molecule has 0 saturated heterocycles. The molecular formula is C24H8N4S5. The molecule has 0 bridgehead atoms. The minimum Gasteiger partial charge on any atom is -0.227 e. The lowest BCUT2D eigenvalue weighted by molar-refractivity contribution is 1.51. The van der Waals surface area contributed by atoms with Crippen LogP contribution in [0.3, 0.4) is 0 Å². The fourth-order valence-electron chi connectivity index (χ4n) is 3.15. The first-order valence-corrected chi connectivity index (χ1v) is 13.3. The Kier molecular flexibility index (Phi) is 5.67. The Morgan fingerprint density at radius 3 is 1.52 bits per heavy atom. The van der Waals surface area contributed by atoms with Gasteiger partial charge in [-0.1, -0.05) is 0 Å². The number of nitriles is 2. The van der Waals surface area contributed by atoms with Gasteiger partial charge >= 0.3 is 0 Å².